The lowest BCUT2D eigenvalue weighted by Crippen LogP contribution is -1.98. The van der Waals surface area contributed by atoms with Crippen molar-refractivity contribution >= 4 is 0 Å². The molecule has 0 saturated carbocycles. The van der Waals surface area contributed by atoms with E-state index in [1.807, 2.05) is 30.7 Å². The van der Waals surface area contributed by atoms with Crippen LogP contribution in [0.3, 0.4) is 0 Å². The summed E-state index contributed by atoms with van der Waals surface area (Å²) in [4.78, 5) is 10.9. The van der Waals surface area contributed by atoms with Gasteiger partial charge >= 0.3 is 0 Å². The van der Waals surface area contributed by atoms with E-state index in [1.165, 1.54) is 22.6 Å². The Morgan fingerprint density at radius 2 is 1.50 bits per heavy atom. The third kappa shape index (κ3) is 3.38. The van der Waals surface area contributed by atoms with Gasteiger partial charge in [0, 0.05) is 35.7 Å². The first-order chi connectivity index (χ1) is 9.90. The maximum Gasteiger partial charge on any atom is 0.0410 e. The number of pyridine rings is 1. The van der Waals surface area contributed by atoms with Crippen LogP contribution in [0.2, 0.25) is 0 Å². The minimum Gasteiger partial charge on any atom is -0.365 e. The molecular formula is C17H19N3. The molecule has 102 valence electrons. The number of hydrogen-bond donors (Lipinski definition) is 2. The average Bonchev–Trinajstić information content (AvgIpc) is 3.17. The summed E-state index contributed by atoms with van der Waals surface area (Å²) in [6.07, 6.45) is 9.97. The van der Waals surface area contributed by atoms with Crippen LogP contribution in [-0.2, 0) is 25.7 Å². The van der Waals surface area contributed by atoms with Gasteiger partial charge in [-0.1, -0.05) is 0 Å². The lowest BCUT2D eigenvalue weighted by Gasteiger charge is -2.04. The lowest BCUT2D eigenvalue weighted by atomic mass is 10.1. The fourth-order valence-electron chi connectivity index (χ4n) is 2.41. The molecule has 0 saturated heterocycles. The predicted octanol–water partition coefficient (Wildman–Crippen LogP) is 3.31. The molecule has 0 atom stereocenters. The first-order valence-electron chi connectivity index (χ1n) is 7.08. The second-order valence-electron chi connectivity index (χ2n) is 5.05. The Labute approximate surface area is 119 Å². The summed E-state index contributed by atoms with van der Waals surface area (Å²) in [5.41, 5.74) is 5.08. The maximum atomic E-state index is 4.46. The molecule has 0 amide bonds. The minimum atomic E-state index is 0.983. The number of aryl methyl sites for hydroxylation is 4. The molecule has 0 aliphatic rings. The number of rotatable bonds is 6. The van der Waals surface area contributed by atoms with Crippen LogP contribution in [0.5, 0.6) is 0 Å². The van der Waals surface area contributed by atoms with Crippen molar-refractivity contribution in [2.75, 3.05) is 0 Å². The van der Waals surface area contributed by atoms with Gasteiger partial charge < -0.3 is 9.97 Å². The quantitative estimate of drug-likeness (QED) is 0.705. The monoisotopic (exact) mass is 265 g/mol. The van der Waals surface area contributed by atoms with E-state index in [2.05, 4.69) is 39.2 Å². The summed E-state index contributed by atoms with van der Waals surface area (Å²) in [7, 11) is 0. The Hall–Kier alpha value is -2.29. The van der Waals surface area contributed by atoms with Gasteiger partial charge in [0.15, 0.2) is 0 Å². The van der Waals surface area contributed by atoms with Crippen molar-refractivity contribution in [1.82, 2.24) is 15.0 Å². The minimum absolute atomic E-state index is 0.983. The second kappa shape index (κ2) is 6.24. The van der Waals surface area contributed by atoms with Crippen LogP contribution in [-0.4, -0.2) is 15.0 Å². The van der Waals surface area contributed by atoms with Crippen LogP contribution in [0, 0.1) is 0 Å². The molecule has 0 spiro atoms. The third-order valence-electron chi connectivity index (χ3n) is 3.54. The van der Waals surface area contributed by atoms with Crippen LogP contribution in [0.1, 0.15) is 22.6 Å². The summed E-state index contributed by atoms with van der Waals surface area (Å²) < 4.78 is 0. The fourth-order valence-corrected chi connectivity index (χ4v) is 2.41. The largest absolute Gasteiger partial charge is 0.365 e. The van der Waals surface area contributed by atoms with E-state index in [9.17, 15) is 0 Å². The normalized spacial score (nSPS) is 10.8. The van der Waals surface area contributed by atoms with Crippen molar-refractivity contribution in [2.45, 2.75) is 25.7 Å². The molecule has 0 radical (unpaired) electrons. The molecule has 0 unspecified atom stereocenters. The van der Waals surface area contributed by atoms with Gasteiger partial charge in [-0.25, -0.2) is 0 Å². The van der Waals surface area contributed by atoms with Gasteiger partial charge in [0.2, 0.25) is 0 Å². The van der Waals surface area contributed by atoms with Gasteiger partial charge in [-0.3, -0.25) is 4.98 Å². The van der Waals surface area contributed by atoms with Crippen molar-refractivity contribution in [3.63, 3.8) is 0 Å². The smallest absolute Gasteiger partial charge is 0.0410 e. The molecule has 3 nitrogen and oxygen atoms in total. The molecule has 3 aromatic rings. The number of aromatic nitrogens is 3. The van der Waals surface area contributed by atoms with Crippen molar-refractivity contribution in [3.8, 4) is 0 Å². The first kappa shape index (κ1) is 12.7. The average molecular weight is 265 g/mol. The van der Waals surface area contributed by atoms with Gasteiger partial charge in [-0.05, 0) is 67.6 Å². The highest BCUT2D eigenvalue weighted by Gasteiger charge is 2.01. The van der Waals surface area contributed by atoms with Crippen molar-refractivity contribution in [2.24, 2.45) is 0 Å². The summed E-state index contributed by atoms with van der Waals surface area (Å²) in [6.45, 7) is 0. The Kier molecular flexibility index (Phi) is 3.97. The Balaban J connectivity index is 1.57. The van der Waals surface area contributed by atoms with Gasteiger partial charge in [0.25, 0.3) is 0 Å². The van der Waals surface area contributed by atoms with Gasteiger partial charge in [-0.15, -0.1) is 0 Å². The van der Waals surface area contributed by atoms with E-state index in [-0.39, 0.29) is 0 Å². The molecule has 3 heteroatoms. The number of hydrogen-bond acceptors (Lipinski definition) is 1. The number of nitrogens with one attached hydrogen (secondary N) is 2. The van der Waals surface area contributed by atoms with Crippen LogP contribution in [0.15, 0.2) is 55.0 Å². The number of nitrogens with zero attached hydrogens (tertiary/aromatic N) is 1. The lowest BCUT2D eigenvalue weighted by molar-refractivity contribution is 0.870. The van der Waals surface area contributed by atoms with E-state index >= 15 is 0 Å². The standard InChI is InChI=1S/C17H19N3/c1-3-15(18-10-1)6-5-14-9-12-20-17(13-14)8-7-16-4-2-11-19-16/h1-4,9-13,18-19H,5-8H2. The zero-order valence-corrected chi connectivity index (χ0v) is 11.5. The zero-order chi connectivity index (χ0) is 13.6. The molecule has 0 aliphatic carbocycles. The van der Waals surface area contributed by atoms with E-state index in [1.54, 1.807) is 0 Å². The predicted molar refractivity (Wildman–Crippen MR) is 80.6 cm³/mol. The Morgan fingerprint density at radius 1 is 0.800 bits per heavy atom. The van der Waals surface area contributed by atoms with Crippen LogP contribution in [0.4, 0.5) is 0 Å². The Morgan fingerprint density at radius 3 is 2.15 bits per heavy atom. The fraction of sp³-hybridized carbons (Fsp3) is 0.235. The first-order valence-corrected chi connectivity index (χ1v) is 7.08. The molecule has 0 bridgehead atoms. The molecule has 20 heavy (non-hydrogen) atoms. The van der Waals surface area contributed by atoms with Crippen LogP contribution < -0.4 is 0 Å². The molecule has 2 N–H and O–H groups in total. The SMILES string of the molecule is c1c[nH]c(CCc2ccnc(CCc3ccc[nH]3)c2)c1. The van der Waals surface area contributed by atoms with Crippen LogP contribution in [0.25, 0.3) is 0 Å². The highest BCUT2D eigenvalue weighted by atomic mass is 14.7. The van der Waals surface area contributed by atoms with E-state index < -0.39 is 0 Å². The van der Waals surface area contributed by atoms with E-state index in [0.29, 0.717) is 0 Å². The van der Waals surface area contributed by atoms with E-state index in [0.717, 1.165) is 25.7 Å². The summed E-state index contributed by atoms with van der Waals surface area (Å²) in [5, 5.41) is 0. The topological polar surface area (TPSA) is 44.5 Å². The molecule has 0 fully saturated rings. The van der Waals surface area contributed by atoms with Crippen molar-refractivity contribution < 1.29 is 0 Å². The van der Waals surface area contributed by atoms with E-state index in [4.69, 9.17) is 0 Å². The van der Waals surface area contributed by atoms with Crippen molar-refractivity contribution in [1.29, 1.82) is 0 Å². The summed E-state index contributed by atoms with van der Waals surface area (Å²) in [6, 6.07) is 12.7. The van der Waals surface area contributed by atoms with Gasteiger partial charge in [-0.2, -0.15) is 0 Å². The molecule has 3 rings (SSSR count). The summed E-state index contributed by atoms with van der Waals surface area (Å²) >= 11 is 0. The number of aromatic amines is 2. The molecule has 0 aromatic carbocycles. The molecule has 0 aliphatic heterocycles. The number of H-pyrrole nitrogens is 2. The van der Waals surface area contributed by atoms with Crippen LogP contribution >= 0.6 is 0 Å². The molecular weight excluding hydrogens is 246 g/mol. The van der Waals surface area contributed by atoms with Gasteiger partial charge in [0.1, 0.15) is 0 Å². The third-order valence-corrected chi connectivity index (χ3v) is 3.54. The van der Waals surface area contributed by atoms with Crippen molar-refractivity contribution in [3.05, 3.63) is 77.6 Å². The summed E-state index contributed by atoms with van der Waals surface area (Å²) in [5.74, 6) is 0. The maximum absolute atomic E-state index is 4.46. The molecule has 3 heterocycles. The van der Waals surface area contributed by atoms with Gasteiger partial charge in [0.05, 0.1) is 0 Å². The highest BCUT2D eigenvalue weighted by Crippen LogP contribution is 2.09. The molecule has 3 aromatic heterocycles. The zero-order valence-electron chi connectivity index (χ0n) is 11.5. The highest BCUT2D eigenvalue weighted by molar-refractivity contribution is 5.19. The Bertz CT molecular complexity index is 571. The second-order valence-corrected chi connectivity index (χ2v) is 5.05.